The summed E-state index contributed by atoms with van der Waals surface area (Å²) in [6, 6.07) is -1.17. The summed E-state index contributed by atoms with van der Waals surface area (Å²) in [5.74, 6) is -1.73. The predicted octanol–water partition coefficient (Wildman–Crippen LogP) is -1.21. The van der Waals surface area contributed by atoms with E-state index in [-0.39, 0.29) is 37.3 Å². The van der Waals surface area contributed by atoms with Gasteiger partial charge in [-0.25, -0.2) is 0 Å². The molecule has 0 radical (unpaired) electrons. The van der Waals surface area contributed by atoms with E-state index in [1.54, 1.807) is 0 Å². The Kier molecular flexibility index (Phi) is 6.57. The maximum absolute atomic E-state index is 12.1. The van der Waals surface area contributed by atoms with Crippen LogP contribution in [0.3, 0.4) is 0 Å². The van der Waals surface area contributed by atoms with E-state index in [0.29, 0.717) is 13.2 Å². The molecule has 8 nitrogen and oxygen atoms in total. The lowest BCUT2D eigenvalue weighted by molar-refractivity contribution is -0.146. The number of rotatable bonds is 6. The van der Waals surface area contributed by atoms with Gasteiger partial charge in [-0.3, -0.25) is 14.4 Å². The van der Waals surface area contributed by atoms with E-state index in [4.69, 9.17) is 15.6 Å². The smallest absolute Gasteiger partial charge is 0.305 e. The minimum Gasteiger partial charge on any atom is -0.481 e. The van der Waals surface area contributed by atoms with E-state index < -0.39 is 18.1 Å². The van der Waals surface area contributed by atoms with Gasteiger partial charge in [0.05, 0.1) is 38.3 Å². The molecule has 1 aliphatic heterocycles. The zero-order valence-corrected chi connectivity index (χ0v) is 12.4. The van der Waals surface area contributed by atoms with Crippen molar-refractivity contribution >= 4 is 17.8 Å². The van der Waals surface area contributed by atoms with Crippen LogP contribution in [0.2, 0.25) is 0 Å². The van der Waals surface area contributed by atoms with Crippen LogP contribution in [-0.2, 0) is 19.1 Å². The number of carbonyl (C=O) groups excluding carboxylic acids is 2. The third kappa shape index (κ3) is 5.31. The van der Waals surface area contributed by atoms with Crippen LogP contribution in [0.25, 0.3) is 0 Å². The molecule has 1 unspecified atom stereocenters. The Morgan fingerprint density at radius 2 is 2.10 bits per heavy atom. The highest BCUT2D eigenvalue weighted by Gasteiger charge is 2.29. The molecule has 8 heteroatoms. The maximum atomic E-state index is 12.1. The average Bonchev–Trinajstić information content (AvgIpc) is 2.43. The fourth-order valence-corrected chi connectivity index (χ4v) is 2.04. The Morgan fingerprint density at radius 3 is 2.67 bits per heavy atom. The molecular weight excluding hydrogens is 278 g/mol. The Labute approximate surface area is 123 Å². The van der Waals surface area contributed by atoms with E-state index >= 15 is 0 Å². The second kappa shape index (κ2) is 7.94. The number of morpholine rings is 1. The lowest BCUT2D eigenvalue weighted by Crippen LogP contribution is -2.54. The topological polar surface area (TPSA) is 122 Å². The van der Waals surface area contributed by atoms with Gasteiger partial charge in [-0.2, -0.15) is 0 Å². The predicted molar refractivity (Wildman–Crippen MR) is 74.4 cm³/mol. The fraction of sp³-hybridized carbons (Fsp3) is 0.769. The zero-order valence-electron chi connectivity index (χ0n) is 12.4. The molecule has 4 N–H and O–H groups in total. The molecule has 1 heterocycles. The molecule has 1 saturated heterocycles. The van der Waals surface area contributed by atoms with Gasteiger partial charge in [-0.15, -0.1) is 0 Å². The van der Waals surface area contributed by atoms with Crippen LogP contribution in [0.4, 0.5) is 0 Å². The quantitative estimate of drug-likeness (QED) is 0.566. The maximum Gasteiger partial charge on any atom is 0.305 e. The molecule has 21 heavy (non-hydrogen) atoms. The van der Waals surface area contributed by atoms with Gasteiger partial charge in [-0.05, 0) is 5.92 Å². The van der Waals surface area contributed by atoms with Crippen LogP contribution in [-0.4, -0.2) is 66.2 Å². The number of ether oxygens (including phenoxy) is 1. The summed E-state index contributed by atoms with van der Waals surface area (Å²) in [6.07, 6.45) is -0.175. The number of hydrogen-bond donors (Lipinski definition) is 3. The van der Waals surface area contributed by atoms with Crippen LogP contribution in [0.5, 0.6) is 0 Å². The molecule has 2 atom stereocenters. The first-order chi connectivity index (χ1) is 9.82. The van der Waals surface area contributed by atoms with Crippen LogP contribution in [0, 0.1) is 5.92 Å². The van der Waals surface area contributed by atoms with Crippen molar-refractivity contribution in [2.24, 2.45) is 11.7 Å². The monoisotopic (exact) mass is 301 g/mol. The van der Waals surface area contributed by atoms with Gasteiger partial charge in [0, 0.05) is 6.54 Å². The van der Waals surface area contributed by atoms with Gasteiger partial charge in [0.2, 0.25) is 11.8 Å². The van der Waals surface area contributed by atoms with E-state index in [1.807, 2.05) is 13.8 Å². The Morgan fingerprint density at radius 1 is 1.43 bits per heavy atom. The molecular formula is C13H23N3O5. The van der Waals surface area contributed by atoms with Crippen molar-refractivity contribution < 1.29 is 24.2 Å². The number of carboxylic acid groups (broad SMARTS) is 1. The first kappa shape index (κ1) is 17.4. The molecule has 0 bridgehead atoms. The van der Waals surface area contributed by atoms with Crippen LogP contribution in [0.15, 0.2) is 0 Å². The highest BCUT2D eigenvalue weighted by atomic mass is 16.5. The van der Waals surface area contributed by atoms with Gasteiger partial charge < -0.3 is 25.8 Å². The minimum atomic E-state index is -0.992. The van der Waals surface area contributed by atoms with Crippen LogP contribution in [0.1, 0.15) is 20.3 Å². The Bertz CT molecular complexity index is 399. The zero-order chi connectivity index (χ0) is 16.0. The van der Waals surface area contributed by atoms with Gasteiger partial charge >= 0.3 is 5.97 Å². The minimum absolute atomic E-state index is 0.0248. The van der Waals surface area contributed by atoms with E-state index in [9.17, 15) is 14.4 Å². The number of hydrogen-bond acceptors (Lipinski definition) is 5. The van der Waals surface area contributed by atoms with Gasteiger partial charge in [-0.1, -0.05) is 13.8 Å². The first-order valence-electron chi connectivity index (χ1n) is 6.95. The normalized spacial score (nSPS) is 20.2. The highest BCUT2D eigenvalue weighted by Crippen LogP contribution is 2.10. The average molecular weight is 301 g/mol. The van der Waals surface area contributed by atoms with Gasteiger partial charge in [0.1, 0.15) is 0 Å². The van der Waals surface area contributed by atoms with Crippen LogP contribution < -0.4 is 11.1 Å². The fourth-order valence-electron chi connectivity index (χ4n) is 2.04. The summed E-state index contributed by atoms with van der Waals surface area (Å²) in [5.41, 5.74) is 5.68. The number of nitrogens with zero attached hydrogens (tertiary/aromatic N) is 1. The number of aliphatic carboxylic acids is 1. The van der Waals surface area contributed by atoms with Crippen molar-refractivity contribution in [3.05, 3.63) is 0 Å². The lowest BCUT2D eigenvalue weighted by atomic mass is 10.1. The Balaban J connectivity index is 2.52. The third-order valence-electron chi connectivity index (χ3n) is 3.39. The lowest BCUT2D eigenvalue weighted by Gasteiger charge is -2.35. The molecule has 1 rings (SSSR count). The van der Waals surface area contributed by atoms with Crippen molar-refractivity contribution in [1.82, 2.24) is 10.2 Å². The number of amides is 2. The SMILES string of the molecule is CC(C)[C@H](N)C(=O)NCC(=O)N1CCOCC1CC(=O)O. The molecule has 1 aliphatic rings. The second-order valence-corrected chi connectivity index (χ2v) is 5.40. The molecule has 0 spiro atoms. The third-order valence-corrected chi connectivity index (χ3v) is 3.39. The molecule has 2 amide bonds. The summed E-state index contributed by atoms with van der Waals surface area (Å²) in [6.45, 7) is 4.32. The van der Waals surface area contributed by atoms with E-state index in [1.165, 1.54) is 4.90 Å². The standard InChI is InChI=1S/C13H23N3O5/c1-8(2)12(14)13(20)15-6-10(17)16-3-4-21-7-9(16)5-11(18)19/h8-9,12H,3-7,14H2,1-2H3,(H,15,20)(H,18,19)/t9?,12-/m0/s1. The summed E-state index contributed by atoms with van der Waals surface area (Å²) in [4.78, 5) is 36.0. The van der Waals surface area contributed by atoms with E-state index in [0.717, 1.165) is 0 Å². The van der Waals surface area contributed by atoms with Crippen LogP contribution >= 0.6 is 0 Å². The second-order valence-electron chi connectivity index (χ2n) is 5.40. The molecule has 0 aromatic rings. The summed E-state index contributed by atoms with van der Waals surface area (Å²) in [5, 5.41) is 11.3. The molecule has 0 saturated carbocycles. The summed E-state index contributed by atoms with van der Waals surface area (Å²) in [7, 11) is 0. The number of carboxylic acids is 1. The molecule has 0 aromatic carbocycles. The van der Waals surface area contributed by atoms with Gasteiger partial charge in [0.25, 0.3) is 0 Å². The number of carbonyl (C=O) groups is 3. The number of nitrogens with one attached hydrogen (secondary N) is 1. The van der Waals surface area contributed by atoms with Gasteiger partial charge in [0.15, 0.2) is 0 Å². The molecule has 1 fully saturated rings. The molecule has 0 aromatic heterocycles. The molecule has 0 aliphatic carbocycles. The highest BCUT2D eigenvalue weighted by molar-refractivity contribution is 5.87. The van der Waals surface area contributed by atoms with Crippen molar-refractivity contribution in [2.45, 2.75) is 32.4 Å². The van der Waals surface area contributed by atoms with Crippen molar-refractivity contribution in [1.29, 1.82) is 0 Å². The molecule has 120 valence electrons. The Hall–Kier alpha value is -1.67. The first-order valence-corrected chi connectivity index (χ1v) is 6.95. The summed E-state index contributed by atoms with van der Waals surface area (Å²) < 4.78 is 5.19. The van der Waals surface area contributed by atoms with Crippen molar-refractivity contribution in [3.8, 4) is 0 Å². The summed E-state index contributed by atoms with van der Waals surface area (Å²) >= 11 is 0. The van der Waals surface area contributed by atoms with E-state index in [2.05, 4.69) is 5.32 Å². The number of nitrogens with two attached hydrogens (primary N) is 1. The van der Waals surface area contributed by atoms with Crippen molar-refractivity contribution in [2.75, 3.05) is 26.3 Å². The van der Waals surface area contributed by atoms with Crippen molar-refractivity contribution in [3.63, 3.8) is 0 Å². The largest absolute Gasteiger partial charge is 0.481 e.